The molecule has 1 atom stereocenters. The van der Waals surface area contributed by atoms with Crippen molar-refractivity contribution in [3.8, 4) is 0 Å². The summed E-state index contributed by atoms with van der Waals surface area (Å²) in [4.78, 5) is 15.2. The van der Waals surface area contributed by atoms with E-state index in [1.54, 1.807) is 0 Å². The van der Waals surface area contributed by atoms with Crippen molar-refractivity contribution in [1.82, 2.24) is 10.2 Å². The number of hydrogen-bond donors (Lipinski definition) is 1. The third-order valence-electron chi connectivity index (χ3n) is 6.59. The van der Waals surface area contributed by atoms with Gasteiger partial charge in [0.2, 0.25) is 5.91 Å². The minimum atomic E-state index is -0.0210. The van der Waals surface area contributed by atoms with Crippen LogP contribution in [0.3, 0.4) is 0 Å². The van der Waals surface area contributed by atoms with Gasteiger partial charge in [-0.1, -0.05) is 72.8 Å². The lowest BCUT2D eigenvalue weighted by molar-refractivity contribution is -0.121. The van der Waals surface area contributed by atoms with Crippen molar-refractivity contribution in [2.45, 2.75) is 37.3 Å². The molecule has 2 aliphatic heterocycles. The summed E-state index contributed by atoms with van der Waals surface area (Å²) in [7, 11) is 0. The lowest BCUT2D eigenvalue weighted by atomic mass is 9.82. The molecule has 2 heterocycles. The average molecular weight is 370 g/mol. The van der Waals surface area contributed by atoms with E-state index < -0.39 is 0 Å². The fourth-order valence-electron chi connectivity index (χ4n) is 4.98. The maximum Gasteiger partial charge on any atom is 0.228 e. The summed E-state index contributed by atoms with van der Waals surface area (Å²) in [6, 6.07) is 25.4. The van der Waals surface area contributed by atoms with Crippen LogP contribution in [0.5, 0.6) is 0 Å². The summed E-state index contributed by atoms with van der Waals surface area (Å²) in [5.74, 6) is 0.208. The SMILES string of the molecule is O=C1NC2(CCN(Cc3cccc4ccccc34)CC2)C[C@H]1c1ccccc1. The highest BCUT2D eigenvalue weighted by molar-refractivity contribution is 5.87. The van der Waals surface area contributed by atoms with Crippen molar-refractivity contribution in [2.24, 2.45) is 0 Å². The Morgan fingerprint density at radius 2 is 1.61 bits per heavy atom. The highest BCUT2D eigenvalue weighted by atomic mass is 16.2. The lowest BCUT2D eigenvalue weighted by Crippen LogP contribution is -2.50. The second-order valence-electron chi connectivity index (χ2n) is 8.35. The van der Waals surface area contributed by atoms with Crippen LogP contribution in [0.15, 0.2) is 72.8 Å². The van der Waals surface area contributed by atoms with Crippen LogP contribution in [0.2, 0.25) is 0 Å². The van der Waals surface area contributed by atoms with Gasteiger partial charge in [0.1, 0.15) is 0 Å². The van der Waals surface area contributed by atoms with Crippen LogP contribution in [-0.4, -0.2) is 29.4 Å². The van der Waals surface area contributed by atoms with Crippen molar-refractivity contribution in [3.63, 3.8) is 0 Å². The Bertz CT molecular complexity index is 984. The second-order valence-corrected chi connectivity index (χ2v) is 8.35. The van der Waals surface area contributed by atoms with Gasteiger partial charge in [0.25, 0.3) is 0 Å². The van der Waals surface area contributed by atoms with Gasteiger partial charge >= 0.3 is 0 Å². The van der Waals surface area contributed by atoms with Crippen LogP contribution in [0.1, 0.15) is 36.3 Å². The first-order chi connectivity index (χ1) is 13.7. The zero-order valence-electron chi connectivity index (χ0n) is 16.1. The quantitative estimate of drug-likeness (QED) is 0.737. The number of likely N-dealkylation sites (tertiary alicyclic amines) is 1. The molecule has 3 aromatic carbocycles. The van der Waals surface area contributed by atoms with Gasteiger partial charge in [-0.05, 0) is 41.2 Å². The Kier molecular flexibility index (Phi) is 4.40. The van der Waals surface area contributed by atoms with E-state index in [1.165, 1.54) is 16.3 Å². The molecule has 0 radical (unpaired) electrons. The molecule has 1 N–H and O–H groups in total. The summed E-state index contributed by atoms with van der Waals surface area (Å²) >= 11 is 0. The zero-order chi connectivity index (χ0) is 19.0. The number of nitrogens with zero attached hydrogens (tertiary/aromatic N) is 1. The first kappa shape index (κ1) is 17.4. The molecule has 3 heteroatoms. The molecular weight excluding hydrogens is 344 g/mol. The molecule has 28 heavy (non-hydrogen) atoms. The summed E-state index contributed by atoms with van der Waals surface area (Å²) in [6.45, 7) is 3.05. The number of hydrogen-bond acceptors (Lipinski definition) is 2. The van der Waals surface area contributed by atoms with Crippen molar-refractivity contribution < 1.29 is 4.79 Å². The van der Waals surface area contributed by atoms with E-state index in [0.29, 0.717) is 0 Å². The predicted octanol–water partition coefficient (Wildman–Crippen LogP) is 4.48. The van der Waals surface area contributed by atoms with Gasteiger partial charge in [-0.2, -0.15) is 0 Å². The third-order valence-corrected chi connectivity index (χ3v) is 6.59. The summed E-state index contributed by atoms with van der Waals surface area (Å²) < 4.78 is 0. The number of carbonyl (C=O) groups is 1. The van der Waals surface area contributed by atoms with Crippen LogP contribution in [0.25, 0.3) is 10.8 Å². The number of benzene rings is 3. The van der Waals surface area contributed by atoms with Gasteiger partial charge in [0.15, 0.2) is 0 Å². The first-order valence-electron chi connectivity index (χ1n) is 10.3. The average Bonchev–Trinajstić information content (AvgIpc) is 3.07. The van der Waals surface area contributed by atoms with E-state index in [0.717, 1.165) is 44.5 Å². The summed E-state index contributed by atoms with van der Waals surface area (Å²) in [5, 5.41) is 6.02. The van der Waals surface area contributed by atoms with Gasteiger partial charge in [-0.3, -0.25) is 9.69 Å². The predicted molar refractivity (Wildman–Crippen MR) is 113 cm³/mol. The van der Waals surface area contributed by atoms with Crippen molar-refractivity contribution in [2.75, 3.05) is 13.1 Å². The first-order valence-corrected chi connectivity index (χ1v) is 10.3. The maximum atomic E-state index is 12.6. The van der Waals surface area contributed by atoms with Gasteiger partial charge in [-0.25, -0.2) is 0 Å². The third kappa shape index (κ3) is 3.20. The summed E-state index contributed by atoms with van der Waals surface area (Å²) in [5.41, 5.74) is 2.52. The Morgan fingerprint density at radius 1 is 0.893 bits per heavy atom. The van der Waals surface area contributed by atoms with Crippen molar-refractivity contribution >= 4 is 16.7 Å². The Morgan fingerprint density at radius 3 is 2.43 bits per heavy atom. The van der Waals surface area contributed by atoms with E-state index >= 15 is 0 Å². The van der Waals surface area contributed by atoms with Gasteiger partial charge in [-0.15, -0.1) is 0 Å². The molecule has 0 aliphatic carbocycles. The largest absolute Gasteiger partial charge is 0.350 e. The maximum absolute atomic E-state index is 12.6. The molecular formula is C25H26N2O. The van der Waals surface area contributed by atoms with E-state index in [9.17, 15) is 4.79 Å². The Hall–Kier alpha value is -2.65. The molecule has 0 aromatic heterocycles. The monoisotopic (exact) mass is 370 g/mol. The van der Waals surface area contributed by atoms with Crippen LogP contribution in [-0.2, 0) is 11.3 Å². The lowest BCUT2D eigenvalue weighted by Gasteiger charge is -2.39. The van der Waals surface area contributed by atoms with E-state index in [1.807, 2.05) is 18.2 Å². The Balaban J connectivity index is 1.27. The molecule has 3 aromatic rings. The fourth-order valence-corrected chi connectivity index (χ4v) is 4.98. The van der Waals surface area contributed by atoms with Crippen LogP contribution < -0.4 is 5.32 Å². The van der Waals surface area contributed by atoms with Crippen molar-refractivity contribution in [1.29, 1.82) is 0 Å². The van der Waals surface area contributed by atoms with Crippen LogP contribution in [0, 0.1) is 0 Å². The van der Waals surface area contributed by atoms with E-state index in [4.69, 9.17) is 0 Å². The highest BCUT2D eigenvalue weighted by Crippen LogP contribution is 2.39. The molecule has 0 bridgehead atoms. The van der Waals surface area contributed by atoms with Gasteiger partial charge < -0.3 is 5.32 Å². The molecule has 2 fully saturated rings. The fraction of sp³-hybridized carbons (Fsp3) is 0.320. The van der Waals surface area contributed by atoms with Crippen molar-refractivity contribution in [3.05, 3.63) is 83.9 Å². The van der Waals surface area contributed by atoms with Crippen LogP contribution >= 0.6 is 0 Å². The molecule has 0 unspecified atom stereocenters. The molecule has 1 amide bonds. The number of piperidine rings is 1. The molecule has 3 nitrogen and oxygen atoms in total. The number of nitrogens with one attached hydrogen (secondary N) is 1. The molecule has 0 saturated carbocycles. The van der Waals surface area contributed by atoms with Gasteiger partial charge in [0.05, 0.1) is 5.92 Å². The molecule has 142 valence electrons. The standard InChI is InChI=1S/C25H26N2O/c28-24-23(20-7-2-1-3-8-20)17-25(26-24)13-15-27(16-14-25)18-21-11-6-10-19-9-4-5-12-22(19)21/h1-12,23H,13-18H2,(H,26,28)/t23-/m0/s1. The normalized spacial score (nSPS) is 21.9. The minimum absolute atomic E-state index is 0.00539. The van der Waals surface area contributed by atoms with E-state index in [2.05, 4.69) is 64.8 Å². The van der Waals surface area contributed by atoms with Gasteiger partial charge in [0, 0.05) is 25.2 Å². The molecule has 1 spiro atoms. The van der Waals surface area contributed by atoms with Crippen LogP contribution in [0.4, 0.5) is 0 Å². The number of carbonyl (C=O) groups excluding carboxylic acids is 1. The van der Waals surface area contributed by atoms with E-state index in [-0.39, 0.29) is 17.4 Å². The minimum Gasteiger partial charge on any atom is -0.350 e. The smallest absolute Gasteiger partial charge is 0.228 e. The molecule has 2 saturated heterocycles. The highest BCUT2D eigenvalue weighted by Gasteiger charge is 2.46. The number of fused-ring (bicyclic) bond motifs is 1. The summed E-state index contributed by atoms with van der Waals surface area (Å²) in [6.07, 6.45) is 3.00. The molecule has 2 aliphatic rings. The number of rotatable bonds is 3. The molecule has 5 rings (SSSR count). The topological polar surface area (TPSA) is 32.3 Å². The second kappa shape index (κ2) is 7.06. The Labute approximate surface area is 166 Å². The zero-order valence-corrected chi connectivity index (χ0v) is 16.1. The number of amides is 1.